The average molecular weight is 363 g/mol. The van der Waals surface area contributed by atoms with Crippen LogP contribution in [0.2, 0.25) is 0 Å². The third-order valence-electron chi connectivity index (χ3n) is 3.39. The quantitative estimate of drug-likeness (QED) is 0.824. The Balaban J connectivity index is 2.19. The lowest BCUT2D eigenvalue weighted by molar-refractivity contribution is -0.138. The number of rotatable bonds is 5. The molecule has 0 fully saturated rings. The lowest BCUT2D eigenvalue weighted by Crippen LogP contribution is -2.14. The van der Waals surface area contributed by atoms with Crippen LogP contribution in [0.5, 0.6) is 0 Å². The molecule has 0 bridgehead atoms. The summed E-state index contributed by atoms with van der Waals surface area (Å²) in [5.41, 5.74) is 2.04. The summed E-state index contributed by atoms with van der Waals surface area (Å²) in [6.07, 6.45) is 0.360. The zero-order valence-electron chi connectivity index (χ0n) is 12.0. The molecule has 0 aromatic heterocycles. The van der Waals surface area contributed by atoms with Crippen molar-refractivity contribution in [3.63, 3.8) is 0 Å². The highest BCUT2D eigenvalue weighted by molar-refractivity contribution is 9.10. The topological polar surface area (TPSA) is 63.6 Å². The zero-order chi connectivity index (χ0) is 16.1. The molecule has 1 atom stereocenters. The Morgan fingerprint density at radius 3 is 2.18 bits per heavy atom. The second-order valence-electron chi connectivity index (χ2n) is 4.84. The van der Waals surface area contributed by atoms with Gasteiger partial charge in [0.05, 0.1) is 18.6 Å². The van der Waals surface area contributed by atoms with Crippen LogP contribution in [0.4, 0.5) is 0 Å². The molecule has 1 N–H and O–H groups in total. The Bertz CT molecular complexity index is 662. The van der Waals surface area contributed by atoms with E-state index in [1.807, 2.05) is 12.1 Å². The number of ether oxygens (including phenoxy) is 1. The summed E-state index contributed by atoms with van der Waals surface area (Å²) in [6.45, 7) is 0. The molecule has 0 amide bonds. The SMILES string of the molecule is COC(=O)c1ccc(CC(C(=O)O)c2ccc(Br)cc2)cc1. The Labute approximate surface area is 136 Å². The summed E-state index contributed by atoms with van der Waals surface area (Å²) in [5, 5.41) is 9.45. The molecule has 1 unspecified atom stereocenters. The van der Waals surface area contributed by atoms with Crippen LogP contribution < -0.4 is 0 Å². The van der Waals surface area contributed by atoms with Crippen LogP contribution in [0.25, 0.3) is 0 Å². The third kappa shape index (κ3) is 3.95. The van der Waals surface area contributed by atoms with Gasteiger partial charge in [-0.05, 0) is 41.8 Å². The van der Waals surface area contributed by atoms with E-state index in [0.717, 1.165) is 15.6 Å². The van der Waals surface area contributed by atoms with Crippen molar-refractivity contribution in [1.82, 2.24) is 0 Å². The van der Waals surface area contributed by atoms with Crippen molar-refractivity contribution >= 4 is 27.9 Å². The van der Waals surface area contributed by atoms with Crippen molar-refractivity contribution in [2.75, 3.05) is 7.11 Å². The van der Waals surface area contributed by atoms with Gasteiger partial charge < -0.3 is 9.84 Å². The maximum Gasteiger partial charge on any atom is 0.337 e. The van der Waals surface area contributed by atoms with Crippen molar-refractivity contribution in [2.24, 2.45) is 0 Å². The molecule has 0 saturated heterocycles. The Morgan fingerprint density at radius 2 is 1.68 bits per heavy atom. The third-order valence-corrected chi connectivity index (χ3v) is 3.91. The van der Waals surface area contributed by atoms with E-state index < -0.39 is 17.9 Å². The molecule has 4 nitrogen and oxygen atoms in total. The lowest BCUT2D eigenvalue weighted by Gasteiger charge is -2.13. The number of esters is 1. The minimum absolute atomic E-state index is 0.360. The molecule has 0 spiro atoms. The number of methoxy groups -OCH3 is 1. The van der Waals surface area contributed by atoms with Crippen LogP contribution in [0.3, 0.4) is 0 Å². The number of hydrogen-bond acceptors (Lipinski definition) is 3. The lowest BCUT2D eigenvalue weighted by atomic mass is 9.92. The van der Waals surface area contributed by atoms with Gasteiger partial charge in [0, 0.05) is 4.47 Å². The van der Waals surface area contributed by atoms with Gasteiger partial charge in [-0.3, -0.25) is 4.79 Å². The van der Waals surface area contributed by atoms with Crippen LogP contribution in [-0.4, -0.2) is 24.2 Å². The first kappa shape index (κ1) is 16.2. The van der Waals surface area contributed by atoms with Gasteiger partial charge in [-0.1, -0.05) is 40.2 Å². The standard InChI is InChI=1S/C17H15BrO4/c1-22-17(21)13-4-2-11(3-5-13)10-15(16(19)20)12-6-8-14(18)9-7-12/h2-9,15H,10H2,1H3,(H,19,20). The monoisotopic (exact) mass is 362 g/mol. The molecular formula is C17H15BrO4. The fraction of sp³-hybridized carbons (Fsp3) is 0.176. The van der Waals surface area contributed by atoms with Crippen molar-refractivity contribution < 1.29 is 19.4 Å². The molecule has 0 radical (unpaired) electrons. The zero-order valence-corrected chi connectivity index (χ0v) is 13.5. The number of carboxylic acids is 1. The van der Waals surface area contributed by atoms with Gasteiger partial charge in [-0.15, -0.1) is 0 Å². The second kappa shape index (κ2) is 7.22. The largest absolute Gasteiger partial charge is 0.481 e. The number of carboxylic acid groups (broad SMARTS) is 1. The number of benzene rings is 2. The van der Waals surface area contributed by atoms with Crippen molar-refractivity contribution in [3.05, 3.63) is 69.7 Å². The molecule has 0 heterocycles. The van der Waals surface area contributed by atoms with Crippen LogP contribution in [0.15, 0.2) is 53.0 Å². The van der Waals surface area contributed by atoms with Gasteiger partial charge in [0.2, 0.25) is 0 Å². The van der Waals surface area contributed by atoms with Gasteiger partial charge in [0.1, 0.15) is 0 Å². The molecule has 5 heteroatoms. The highest BCUT2D eigenvalue weighted by atomic mass is 79.9. The summed E-state index contributed by atoms with van der Waals surface area (Å²) in [6, 6.07) is 14.0. The van der Waals surface area contributed by atoms with Gasteiger partial charge in [-0.2, -0.15) is 0 Å². The summed E-state index contributed by atoms with van der Waals surface area (Å²) in [4.78, 5) is 22.9. The Hall–Kier alpha value is -2.14. The molecule has 0 aliphatic rings. The van der Waals surface area contributed by atoms with Crippen molar-refractivity contribution in [1.29, 1.82) is 0 Å². The molecule has 2 aromatic carbocycles. The smallest absolute Gasteiger partial charge is 0.337 e. The number of halogens is 1. The van der Waals surface area contributed by atoms with Gasteiger partial charge in [0.25, 0.3) is 0 Å². The van der Waals surface area contributed by atoms with Crippen molar-refractivity contribution in [2.45, 2.75) is 12.3 Å². The fourth-order valence-electron chi connectivity index (χ4n) is 2.17. The predicted octanol–water partition coefficient (Wildman–Crippen LogP) is 3.65. The minimum atomic E-state index is -0.876. The van der Waals surface area contributed by atoms with E-state index in [4.69, 9.17) is 0 Å². The van der Waals surface area contributed by atoms with E-state index in [-0.39, 0.29) is 0 Å². The molecule has 0 saturated carbocycles. The maximum atomic E-state index is 11.5. The van der Waals surface area contributed by atoms with Crippen molar-refractivity contribution in [3.8, 4) is 0 Å². The first-order valence-electron chi connectivity index (χ1n) is 6.67. The number of carbonyl (C=O) groups excluding carboxylic acids is 1. The molecule has 0 aliphatic heterocycles. The molecule has 0 aliphatic carbocycles. The van der Waals surface area contributed by atoms with Crippen LogP contribution in [0.1, 0.15) is 27.4 Å². The normalized spacial score (nSPS) is 11.7. The first-order chi connectivity index (χ1) is 10.5. The highest BCUT2D eigenvalue weighted by Crippen LogP contribution is 2.23. The molecule has 114 valence electrons. The van der Waals surface area contributed by atoms with Gasteiger partial charge >= 0.3 is 11.9 Å². The van der Waals surface area contributed by atoms with E-state index in [1.165, 1.54) is 7.11 Å². The van der Waals surface area contributed by atoms with Gasteiger partial charge in [0.15, 0.2) is 0 Å². The minimum Gasteiger partial charge on any atom is -0.481 e. The van der Waals surface area contributed by atoms with E-state index in [9.17, 15) is 14.7 Å². The number of hydrogen-bond donors (Lipinski definition) is 1. The highest BCUT2D eigenvalue weighted by Gasteiger charge is 2.20. The molecule has 2 rings (SSSR count). The van der Waals surface area contributed by atoms with E-state index in [0.29, 0.717) is 12.0 Å². The maximum absolute atomic E-state index is 11.5. The molecule has 2 aromatic rings. The fourth-order valence-corrected chi connectivity index (χ4v) is 2.44. The predicted molar refractivity (Wildman–Crippen MR) is 86.0 cm³/mol. The van der Waals surface area contributed by atoms with E-state index in [2.05, 4.69) is 20.7 Å². The Morgan fingerprint density at radius 1 is 1.09 bits per heavy atom. The number of aliphatic carboxylic acids is 1. The summed E-state index contributed by atoms with van der Waals surface area (Å²) in [7, 11) is 1.32. The van der Waals surface area contributed by atoms with E-state index >= 15 is 0 Å². The van der Waals surface area contributed by atoms with Gasteiger partial charge in [-0.25, -0.2) is 4.79 Å². The first-order valence-corrected chi connectivity index (χ1v) is 7.46. The van der Waals surface area contributed by atoms with Crippen LogP contribution >= 0.6 is 15.9 Å². The average Bonchev–Trinajstić information content (AvgIpc) is 2.53. The van der Waals surface area contributed by atoms with Crippen LogP contribution in [-0.2, 0) is 16.0 Å². The Kier molecular flexibility index (Phi) is 5.33. The molecular weight excluding hydrogens is 348 g/mol. The summed E-state index contributed by atoms with van der Waals surface area (Å²) >= 11 is 3.34. The second-order valence-corrected chi connectivity index (χ2v) is 5.75. The summed E-state index contributed by atoms with van der Waals surface area (Å²) < 4.78 is 5.54. The summed E-state index contributed by atoms with van der Waals surface area (Å²) in [5.74, 6) is -1.91. The van der Waals surface area contributed by atoms with E-state index in [1.54, 1.807) is 36.4 Å². The molecule has 22 heavy (non-hydrogen) atoms. The number of carbonyl (C=O) groups is 2. The van der Waals surface area contributed by atoms with Crippen LogP contribution in [0, 0.1) is 0 Å².